The number of nitrogens with two attached hydrogens (primary N) is 1. The van der Waals surface area contributed by atoms with E-state index in [2.05, 4.69) is 4.99 Å². The minimum Gasteiger partial charge on any atom is -0.497 e. The second-order valence-corrected chi connectivity index (χ2v) is 5.22. The van der Waals surface area contributed by atoms with Crippen LogP contribution < -0.4 is 10.5 Å². The van der Waals surface area contributed by atoms with Gasteiger partial charge in [0.25, 0.3) is 0 Å². The lowest BCUT2D eigenvalue weighted by Gasteiger charge is -2.03. The fourth-order valence-corrected chi connectivity index (χ4v) is 2.28. The molecule has 0 fully saturated rings. The molecule has 21 heavy (non-hydrogen) atoms. The number of amidine groups is 1. The Hall–Kier alpha value is -2.27. The third-order valence-corrected chi connectivity index (χ3v) is 3.55. The highest BCUT2D eigenvalue weighted by Crippen LogP contribution is 2.16. The van der Waals surface area contributed by atoms with Crippen LogP contribution in [0.15, 0.2) is 59.6 Å². The number of thioether (sulfide) groups is 1. The first-order valence-electron chi connectivity index (χ1n) is 6.38. The molecule has 0 aliphatic rings. The van der Waals surface area contributed by atoms with Gasteiger partial charge in [0, 0.05) is 5.56 Å². The van der Waals surface area contributed by atoms with Crippen LogP contribution in [0.25, 0.3) is 0 Å². The van der Waals surface area contributed by atoms with E-state index in [0.717, 1.165) is 11.4 Å². The largest absolute Gasteiger partial charge is 0.497 e. The lowest BCUT2D eigenvalue weighted by atomic mass is 10.1. The van der Waals surface area contributed by atoms with Gasteiger partial charge in [-0.1, -0.05) is 30.0 Å². The van der Waals surface area contributed by atoms with Crippen molar-refractivity contribution in [1.29, 1.82) is 0 Å². The van der Waals surface area contributed by atoms with Gasteiger partial charge in [0.05, 0.1) is 18.6 Å². The molecule has 0 saturated heterocycles. The normalized spacial score (nSPS) is 11.2. The van der Waals surface area contributed by atoms with Crippen molar-refractivity contribution < 1.29 is 9.53 Å². The maximum absolute atomic E-state index is 12.0. The van der Waals surface area contributed by atoms with Crippen LogP contribution in [0.1, 0.15) is 10.4 Å². The monoisotopic (exact) mass is 300 g/mol. The molecule has 0 heterocycles. The minimum atomic E-state index is 0.00821. The highest BCUT2D eigenvalue weighted by Gasteiger charge is 2.07. The van der Waals surface area contributed by atoms with Crippen molar-refractivity contribution in [1.82, 2.24) is 0 Å². The number of ether oxygens (including phenoxy) is 1. The highest BCUT2D eigenvalue weighted by atomic mass is 32.2. The van der Waals surface area contributed by atoms with E-state index in [-0.39, 0.29) is 11.5 Å². The molecule has 0 aromatic heterocycles. The van der Waals surface area contributed by atoms with Gasteiger partial charge in [0.1, 0.15) is 5.75 Å². The van der Waals surface area contributed by atoms with Crippen molar-refractivity contribution in [3.63, 3.8) is 0 Å². The molecule has 0 bridgehead atoms. The van der Waals surface area contributed by atoms with Crippen LogP contribution in [-0.4, -0.2) is 23.8 Å². The molecule has 2 aromatic rings. The van der Waals surface area contributed by atoms with Crippen LogP contribution in [0.3, 0.4) is 0 Å². The molecule has 5 heteroatoms. The number of para-hydroxylation sites is 1. The van der Waals surface area contributed by atoms with Crippen LogP contribution in [0.4, 0.5) is 5.69 Å². The molecule has 0 radical (unpaired) electrons. The molecule has 108 valence electrons. The summed E-state index contributed by atoms with van der Waals surface area (Å²) in [6.45, 7) is 0. The molecular formula is C16H16N2O2S. The van der Waals surface area contributed by atoms with Gasteiger partial charge >= 0.3 is 0 Å². The van der Waals surface area contributed by atoms with Gasteiger partial charge in [-0.25, -0.2) is 4.99 Å². The molecule has 0 saturated carbocycles. The molecule has 0 atom stereocenters. The third-order valence-electron chi connectivity index (χ3n) is 2.76. The first kappa shape index (κ1) is 15.1. The average Bonchev–Trinajstić information content (AvgIpc) is 2.53. The number of ketones is 1. The zero-order chi connectivity index (χ0) is 15.1. The molecule has 4 nitrogen and oxygen atoms in total. The zero-order valence-electron chi connectivity index (χ0n) is 11.7. The van der Waals surface area contributed by atoms with Crippen LogP contribution in [-0.2, 0) is 0 Å². The molecule has 0 amide bonds. The predicted octanol–water partition coefficient (Wildman–Crippen LogP) is 3.26. The van der Waals surface area contributed by atoms with Gasteiger partial charge in [0.2, 0.25) is 0 Å². The van der Waals surface area contributed by atoms with Crippen LogP contribution in [0.2, 0.25) is 0 Å². The number of aliphatic imine (C=N–C) groups is 1. The predicted molar refractivity (Wildman–Crippen MR) is 87.5 cm³/mol. The van der Waals surface area contributed by atoms with Crippen molar-refractivity contribution in [2.75, 3.05) is 12.9 Å². The number of carbonyl (C=O) groups excluding carboxylic acids is 1. The minimum absolute atomic E-state index is 0.00821. The van der Waals surface area contributed by atoms with Gasteiger partial charge in [-0.05, 0) is 36.4 Å². The van der Waals surface area contributed by atoms with Gasteiger partial charge in [-0.15, -0.1) is 0 Å². The highest BCUT2D eigenvalue weighted by molar-refractivity contribution is 8.14. The molecule has 0 unspecified atom stereocenters. The fraction of sp³-hybridized carbons (Fsp3) is 0.125. The maximum atomic E-state index is 12.0. The van der Waals surface area contributed by atoms with Crippen LogP contribution in [0.5, 0.6) is 5.75 Å². The van der Waals surface area contributed by atoms with E-state index < -0.39 is 0 Å². The Bertz CT molecular complexity index is 624. The average molecular weight is 300 g/mol. The number of methoxy groups -OCH3 is 1. The molecule has 0 aliphatic heterocycles. The topological polar surface area (TPSA) is 64.7 Å². The smallest absolute Gasteiger partial charge is 0.173 e. The van der Waals surface area contributed by atoms with E-state index in [4.69, 9.17) is 10.5 Å². The van der Waals surface area contributed by atoms with Crippen molar-refractivity contribution in [2.24, 2.45) is 10.7 Å². The summed E-state index contributed by atoms with van der Waals surface area (Å²) in [6.07, 6.45) is 0. The second-order valence-electron chi connectivity index (χ2n) is 4.23. The van der Waals surface area contributed by atoms with E-state index in [0.29, 0.717) is 10.7 Å². The Kier molecular flexibility index (Phi) is 5.40. The van der Waals surface area contributed by atoms with Crippen molar-refractivity contribution in [3.05, 3.63) is 60.2 Å². The van der Waals surface area contributed by atoms with E-state index in [1.807, 2.05) is 30.3 Å². The third kappa shape index (κ3) is 4.65. The molecule has 0 aliphatic carbocycles. The molecule has 2 aromatic carbocycles. The molecule has 0 spiro atoms. The van der Waals surface area contributed by atoms with E-state index in [1.165, 1.54) is 11.8 Å². The van der Waals surface area contributed by atoms with Gasteiger partial charge < -0.3 is 10.5 Å². The summed E-state index contributed by atoms with van der Waals surface area (Å²) in [7, 11) is 1.59. The summed E-state index contributed by atoms with van der Waals surface area (Å²) < 4.78 is 5.06. The summed E-state index contributed by atoms with van der Waals surface area (Å²) in [5.41, 5.74) is 7.23. The van der Waals surface area contributed by atoms with Gasteiger partial charge in [-0.2, -0.15) is 0 Å². The molecular weight excluding hydrogens is 284 g/mol. The van der Waals surface area contributed by atoms with Crippen LogP contribution in [0, 0.1) is 0 Å². The van der Waals surface area contributed by atoms with Gasteiger partial charge in [-0.3, -0.25) is 4.79 Å². The number of Topliss-reactive ketones (excluding diaryl/α,β-unsaturated/α-hetero) is 1. The SMILES string of the molecule is COc1ccc(C(=O)CSC(N)=Nc2ccccc2)cc1. The molecule has 2 N–H and O–H groups in total. The van der Waals surface area contributed by atoms with Crippen LogP contribution >= 0.6 is 11.8 Å². The van der Waals surface area contributed by atoms with Crippen molar-refractivity contribution in [2.45, 2.75) is 0 Å². The Morgan fingerprint density at radius 3 is 2.43 bits per heavy atom. The first-order chi connectivity index (χ1) is 10.2. The Labute approximate surface area is 128 Å². The number of carbonyl (C=O) groups is 1. The quantitative estimate of drug-likeness (QED) is 0.523. The van der Waals surface area contributed by atoms with Crippen molar-refractivity contribution in [3.8, 4) is 5.75 Å². The lowest BCUT2D eigenvalue weighted by Crippen LogP contribution is -2.11. The number of nitrogens with zero attached hydrogens (tertiary/aromatic N) is 1. The number of benzene rings is 2. The summed E-state index contributed by atoms with van der Waals surface area (Å²) >= 11 is 1.23. The summed E-state index contributed by atoms with van der Waals surface area (Å²) in [6, 6.07) is 16.4. The summed E-state index contributed by atoms with van der Waals surface area (Å²) in [5.74, 6) is 0.993. The van der Waals surface area contributed by atoms with E-state index in [9.17, 15) is 4.79 Å². The number of hydrogen-bond acceptors (Lipinski definition) is 4. The van der Waals surface area contributed by atoms with E-state index in [1.54, 1.807) is 31.4 Å². The standard InChI is InChI=1S/C16H16N2O2S/c1-20-14-9-7-12(8-10-14)15(19)11-21-16(17)18-13-5-3-2-4-6-13/h2-10H,11H2,1H3,(H2,17,18). The molecule has 2 rings (SSSR count). The fourth-order valence-electron chi connectivity index (χ4n) is 1.66. The maximum Gasteiger partial charge on any atom is 0.173 e. The second kappa shape index (κ2) is 7.50. The Morgan fingerprint density at radius 1 is 1.14 bits per heavy atom. The number of rotatable bonds is 5. The Balaban J connectivity index is 1.92. The summed E-state index contributed by atoms with van der Waals surface area (Å²) in [5, 5.41) is 0.378. The first-order valence-corrected chi connectivity index (χ1v) is 7.37. The van der Waals surface area contributed by atoms with E-state index >= 15 is 0 Å². The zero-order valence-corrected chi connectivity index (χ0v) is 12.5. The van der Waals surface area contributed by atoms with Crippen molar-refractivity contribution >= 4 is 28.4 Å². The Morgan fingerprint density at radius 2 is 1.81 bits per heavy atom. The summed E-state index contributed by atoms with van der Waals surface area (Å²) in [4.78, 5) is 16.3. The van der Waals surface area contributed by atoms with Gasteiger partial charge in [0.15, 0.2) is 11.0 Å². The lowest BCUT2D eigenvalue weighted by molar-refractivity contribution is 0.102. The number of hydrogen-bond donors (Lipinski definition) is 1.